The van der Waals surface area contributed by atoms with Crippen LogP contribution in [0.1, 0.15) is 0 Å². The van der Waals surface area contributed by atoms with E-state index in [2.05, 4.69) is 30.6 Å². The smallest absolute Gasteiger partial charge is 0.226 e. The lowest BCUT2D eigenvalue weighted by atomic mass is 10.2. The van der Waals surface area contributed by atoms with Crippen LogP contribution in [0.25, 0.3) is 22.3 Å². The molecule has 3 aromatic heterocycles. The number of ether oxygens (including phenoxy) is 1. The van der Waals surface area contributed by atoms with Crippen LogP contribution in [0.3, 0.4) is 0 Å². The molecule has 2 N–H and O–H groups in total. The van der Waals surface area contributed by atoms with E-state index >= 15 is 0 Å². The van der Waals surface area contributed by atoms with Crippen LogP contribution in [0.2, 0.25) is 5.02 Å². The van der Waals surface area contributed by atoms with Gasteiger partial charge < -0.3 is 10.1 Å². The summed E-state index contributed by atoms with van der Waals surface area (Å²) in [6.45, 7) is 0. The van der Waals surface area contributed by atoms with Crippen LogP contribution in [0, 0.1) is 0 Å². The van der Waals surface area contributed by atoms with Gasteiger partial charge in [-0.05, 0) is 24.3 Å². The van der Waals surface area contributed by atoms with E-state index < -0.39 is 0 Å². The normalized spacial score (nSPS) is 11.0. The fourth-order valence-corrected chi connectivity index (χ4v) is 2.79. The first-order chi connectivity index (χ1) is 12.2. The summed E-state index contributed by atoms with van der Waals surface area (Å²) in [6, 6.07) is 7.43. The number of nitrogens with one attached hydrogen (secondary N) is 2. The summed E-state index contributed by atoms with van der Waals surface area (Å²) < 4.78 is 6.91. The van der Waals surface area contributed by atoms with Crippen molar-refractivity contribution in [2.75, 3.05) is 12.4 Å². The van der Waals surface area contributed by atoms with Crippen molar-refractivity contribution in [1.29, 1.82) is 0 Å². The maximum Gasteiger partial charge on any atom is 0.226 e. The van der Waals surface area contributed by atoms with Gasteiger partial charge in [0.2, 0.25) is 11.8 Å². The lowest BCUT2D eigenvalue weighted by molar-refractivity contribution is 0.399. The molecule has 126 valence electrons. The standard InChI is InChI=1S/C16H14ClN7O/c1-24-16(20-12-6-5-11-10(13(12)17)8-19-22-11)21-14(23-24)9-4-3-7-18-15(9)25-2/h3-8H,1-2H3,(H,19,22)(H,20,21,23). The molecule has 0 bridgehead atoms. The Morgan fingerprint density at radius 3 is 3.00 bits per heavy atom. The minimum Gasteiger partial charge on any atom is -0.480 e. The van der Waals surface area contributed by atoms with Gasteiger partial charge in [0.25, 0.3) is 0 Å². The first-order valence-electron chi connectivity index (χ1n) is 7.46. The molecule has 0 saturated carbocycles. The zero-order valence-electron chi connectivity index (χ0n) is 13.5. The fourth-order valence-electron chi connectivity index (χ4n) is 2.53. The Morgan fingerprint density at radius 1 is 1.28 bits per heavy atom. The first kappa shape index (κ1) is 15.4. The molecule has 0 atom stereocenters. The number of hydrogen-bond acceptors (Lipinski definition) is 6. The van der Waals surface area contributed by atoms with Crippen molar-refractivity contribution in [2.24, 2.45) is 7.05 Å². The van der Waals surface area contributed by atoms with Gasteiger partial charge in [-0.15, -0.1) is 5.10 Å². The number of pyridine rings is 1. The number of aromatic nitrogens is 6. The van der Waals surface area contributed by atoms with E-state index in [4.69, 9.17) is 16.3 Å². The molecule has 8 nitrogen and oxygen atoms in total. The summed E-state index contributed by atoms with van der Waals surface area (Å²) >= 11 is 6.45. The summed E-state index contributed by atoms with van der Waals surface area (Å²) in [5.74, 6) is 1.53. The van der Waals surface area contributed by atoms with E-state index in [0.717, 1.165) is 16.6 Å². The predicted octanol–water partition coefficient (Wildman–Crippen LogP) is 3.16. The molecule has 0 aliphatic carbocycles. The summed E-state index contributed by atoms with van der Waals surface area (Å²) in [5, 5.41) is 15.9. The van der Waals surface area contributed by atoms with Gasteiger partial charge in [0.1, 0.15) is 0 Å². The number of aromatic amines is 1. The molecular weight excluding hydrogens is 342 g/mol. The Morgan fingerprint density at radius 2 is 2.16 bits per heavy atom. The fraction of sp³-hybridized carbons (Fsp3) is 0.125. The van der Waals surface area contributed by atoms with Crippen LogP contribution >= 0.6 is 11.6 Å². The van der Waals surface area contributed by atoms with Crippen LogP contribution in [0.4, 0.5) is 11.6 Å². The highest BCUT2D eigenvalue weighted by Gasteiger charge is 2.15. The second kappa shape index (κ2) is 6.06. The van der Waals surface area contributed by atoms with Crippen LogP contribution in [-0.4, -0.2) is 37.1 Å². The lowest BCUT2D eigenvalue weighted by Gasteiger charge is -2.07. The highest BCUT2D eigenvalue weighted by molar-refractivity contribution is 6.38. The molecular formula is C16H14ClN7O. The monoisotopic (exact) mass is 355 g/mol. The Balaban J connectivity index is 1.72. The minimum absolute atomic E-state index is 0.470. The first-order valence-corrected chi connectivity index (χ1v) is 7.84. The van der Waals surface area contributed by atoms with E-state index in [1.165, 1.54) is 0 Å². The Hall–Kier alpha value is -3.13. The van der Waals surface area contributed by atoms with E-state index in [1.54, 1.807) is 31.2 Å². The molecule has 1 aromatic carbocycles. The molecule has 0 saturated heterocycles. The Kier molecular flexibility index (Phi) is 3.73. The largest absolute Gasteiger partial charge is 0.480 e. The number of rotatable bonds is 4. The van der Waals surface area contributed by atoms with E-state index in [-0.39, 0.29) is 0 Å². The summed E-state index contributed by atoms with van der Waals surface area (Å²) in [7, 11) is 3.36. The summed E-state index contributed by atoms with van der Waals surface area (Å²) in [5.41, 5.74) is 2.30. The predicted molar refractivity (Wildman–Crippen MR) is 95.2 cm³/mol. The maximum absolute atomic E-state index is 6.45. The zero-order chi connectivity index (χ0) is 17.4. The van der Waals surface area contributed by atoms with E-state index in [9.17, 15) is 0 Å². The van der Waals surface area contributed by atoms with Crippen molar-refractivity contribution in [3.63, 3.8) is 0 Å². The second-order valence-electron chi connectivity index (χ2n) is 5.33. The van der Waals surface area contributed by atoms with Crippen molar-refractivity contribution in [2.45, 2.75) is 0 Å². The lowest BCUT2D eigenvalue weighted by Crippen LogP contribution is -2.00. The molecule has 0 spiro atoms. The third-order valence-corrected chi connectivity index (χ3v) is 4.18. The second-order valence-corrected chi connectivity index (χ2v) is 5.70. The van der Waals surface area contributed by atoms with Crippen LogP contribution < -0.4 is 10.1 Å². The summed E-state index contributed by atoms with van der Waals surface area (Å²) in [4.78, 5) is 8.71. The van der Waals surface area contributed by atoms with Gasteiger partial charge in [-0.2, -0.15) is 10.1 Å². The number of halogens is 1. The number of aryl methyl sites for hydroxylation is 1. The van der Waals surface area contributed by atoms with Crippen molar-refractivity contribution in [3.8, 4) is 17.3 Å². The van der Waals surface area contributed by atoms with Crippen LogP contribution in [0.5, 0.6) is 5.88 Å². The molecule has 0 fully saturated rings. The molecule has 0 unspecified atom stereocenters. The highest BCUT2D eigenvalue weighted by Crippen LogP contribution is 2.32. The number of hydrogen-bond donors (Lipinski definition) is 2. The van der Waals surface area contributed by atoms with Gasteiger partial charge in [0, 0.05) is 18.6 Å². The maximum atomic E-state index is 6.45. The third kappa shape index (κ3) is 2.66. The Bertz CT molecular complexity index is 1060. The van der Waals surface area contributed by atoms with Gasteiger partial charge in [-0.1, -0.05) is 11.6 Å². The molecule has 4 rings (SSSR count). The third-order valence-electron chi connectivity index (χ3n) is 3.77. The van der Waals surface area contributed by atoms with Crippen molar-refractivity contribution in [3.05, 3.63) is 41.7 Å². The average molecular weight is 356 g/mol. The number of anilines is 2. The molecule has 9 heteroatoms. The van der Waals surface area contributed by atoms with Gasteiger partial charge >= 0.3 is 0 Å². The minimum atomic E-state index is 0.470. The van der Waals surface area contributed by atoms with Gasteiger partial charge in [-0.3, -0.25) is 5.10 Å². The van der Waals surface area contributed by atoms with Crippen molar-refractivity contribution < 1.29 is 4.74 Å². The number of nitrogens with zero attached hydrogens (tertiary/aromatic N) is 5. The number of benzene rings is 1. The quantitative estimate of drug-likeness (QED) is 0.584. The molecule has 25 heavy (non-hydrogen) atoms. The van der Waals surface area contributed by atoms with E-state index in [1.807, 2.05) is 24.3 Å². The molecule has 0 aliphatic heterocycles. The van der Waals surface area contributed by atoms with Gasteiger partial charge in [-0.25, -0.2) is 9.67 Å². The molecule has 4 aromatic rings. The van der Waals surface area contributed by atoms with Crippen molar-refractivity contribution in [1.82, 2.24) is 29.9 Å². The zero-order valence-corrected chi connectivity index (χ0v) is 14.2. The SMILES string of the molecule is COc1ncccc1-c1nc(Nc2ccc3[nH]ncc3c2Cl)n(C)n1. The number of fused-ring (bicyclic) bond motifs is 1. The summed E-state index contributed by atoms with van der Waals surface area (Å²) in [6.07, 6.45) is 3.34. The topological polar surface area (TPSA) is 93.5 Å². The van der Waals surface area contributed by atoms with Gasteiger partial charge in [0.05, 0.1) is 35.1 Å². The Labute approximate surface area is 147 Å². The van der Waals surface area contributed by atoms with Crippen LogP contribution in [0.15, 0.2) is 36.7 Å². The van der Waals surface area contributed by atoms with Gasteiger partial charge in [0.15, 0.2) is 5.82 Å². The molecule has 3 heterocycles. The van der Waals surface area contributed by atoms with Crippen molar-refractivity contribution >= 4 is 34.1 Å². The average Bonchev–Trinajstić information content (AvgIpc) is 3.25. The van der Waals surface area contributed by atoms with E-state index in [0.29, 0.717) is 28.2 Å². The number of H-pyrrole nitrogens is 1. The molecule has 0 amide bonds. The van der Waals surface area contributed by atoms with Crippen LogP contribution in [-0.2, 0) is 7.05 Å². The molecule has 0 aliphatic rings. The number of methoxy groups -OCH3 is 1. The molecule has 0 radical (unpaired) electrons. The highest BCUT2D eigenvalue weighted by atomic mass is 35.5.